The predicted octanol–water partition coefficient (Wildman–Crippen LogP) is 2.45. The van der Waals surface area contributed by atoms with E-state index >= 15 is 0 Å². The van der Waals surface area contributed by atoms with E-state index in [1.165, 1.54) is 6.07 Å². The third-order valence-corrected chi connectivity index (χ3v) is 3.75. The maximum atomic E-state index is 13.3. The summed E-state index contributed by atoms with van der Waals surface area (Å²) in [5.41, 5.74) is -2.45. The summed E-state index contributed by atoms with van der Waals surface area (Å²) >= 11 is 5.65. The number of nitro groups is 1. The van der Waals surface area contributed by atoms with Crippen LogP contribution in [0.5, 0.6) is 0 Å². The molecule has 140 valence electrons. The van der Waals surface area contributed by atoms with Gasteiger partial charge in [0.2, 0.25) is 0 Å². The molecule has 2 aromatic heterocycles. The van der Waals surface area contributed by atoms with Gasteiger partial charge in [-0.2, -0.15) is 17.9 Å². The molecule has 0 saturated heterocycles. The molecule has 0 unspecified atom stereocenters. The van der Waals surface area contributed by atoms with E-state index in [4.69, 9.17) is 11.6 Å². The number of aromatic nitrogens is 5. The van der Waals surface area contributed by atoms with E-state index in [0.717, 1.165) is 39.7 Å². The van der Waals surface area contributed by atoms with Gasteiger partial charge in [0.1, 0.15) is 0 Å². The quantitative estimate of drug-likeness (QED) is 0.491. The smallest absolute Gasteiger partial charge is 0.301 e. The molecule has 2 heterocycles. The van der Waals surface area contributed by atoms with Crippen LogP contribution in [-0.4, -0.2) is 29.7 Å². The molecule has 27 heavy (non-hydrogen) atoms. The van der Waals surface area contributed by atoms with Crippen molar-refractivity contribution in [3.05, 3.63) is 73.4 Å². The lowest BCUT2D eigenvalue weighted by Gasteiger charge is -2.14. The summed E-state index contributed by atoms with van der Waals surface area (Å²) in [6.45, 7) is -0.382. The lowest BCUT2D eigenvalue weighted by atomic mass is 10.1. The van der Waals surface area contributed by atoms with Crippen LogP contribution in [-0.2, 0) is 12.7 Å². The fourth-order valence-electron chi connectivity index (χ4n) is 2.31. The average molecular weight is 401 g/mol. The number of hydrogen-bond donors (Lipinski definition) is 0. The second-order valence-electron chi connectivity index (χ2n) is 5.28. The molecule has 13 heteroatoms. The van der Waals surface area contributed by atoms with Gasteiger partial charge in [-0.05, 0) is 28.6 Å². The molecule has 0 amide bonds. The molecule has 0 radical (unpaired) electrons. The van der Waals surface area contributed by atoms with Gasteiger partial charge in [0.15, 0.2) is 5.82 Å². The fourth-order valence-corrected chi connectivity index (χ4v) is 2.49. The molecule has 0 fully saturated rings. The number of pyridine rings is 1. The number of rotatable bonds is 4. The Morgan fingerprint density at radius 2 is 1.96 bits per heavy atom. The summed E-state index contributed by atoms with van der Waals surface area (Å²) in [4.78, 5) is 22.0. The minimum Gasteiger partial charge on any atom is -0.301 e. The molecular weight excluding hydrogens is 393 g/mol. The molecule has 0 bridgehead atoms. The summed E-state index contributed by atoms with van der Waals surface area (Å²) in [5, 5.41) is 21.2. The molecule has 0 saturated carbocycles. The predicted molar refractivity (Wildman–Crippen MR) is 85.6 cm³/mol. The molecule has 0 atom stereocenters. The van der Waals surface area contributed by atoms with Crippen molar-refractivity contribution < 1.29 is 18.1 Å². The first-order chi connectivity index (χ1) is 12.7. The summed E-state index contributed by atoms with van der Waals surface area (Å²) in [5.74, 6) is -0.134. The van der Waals surface area contributed by atoms with Gasteiger partial charge >= 0.3 is 6.18 Å². The number of tetrazole rings is 1. The van der Waals surface area contributed by atoms with Crippen LogP contribution < -0.4 is 5.56 Å². The topological polar surface area (TPSA) is 109 Å². The molecule has 3 rings (SSSR count). The molecule has 3 aromatic rings. The van der Waals surface area contributed by atoms with E-state index < -0.39 is 27.9 Å². The lowest BCUT2D eigenvalue weighted by molar-refractivity contribution is -0.385. The number of nitrogens with zero attached hydrogens (tertiary/aromatic N) is 6. The van der Waals surface area contributed by atoms with Crippen LogP contribution in [0.1, 0.15) is 11.4 Å². The second-order valence-corrected chi connectivity index (χ2v) is 5.71. The molecule has 0 aliphatic carbocycles. The number of alkyl halides is 3. The Bertz CT molecular complexity index is 1080. The Morgan fingerprint density at radius 1 is 1.22 bits per heavy atom. The van der Waals surface area contributed by atoms with Gasteiger partial charge in [0, 0.05) is 17.2 Å². The van der Waals surface area contributed by atoms with Crippen LogP contribution in [0.15, 0.2) is 41.3 Å². The Kier molecular flexibility index (Phi) is 4.66. The largest absolute Gasteiger partial charge is 0.418 e. The third-order valence-electron chi connectivity index (χ3n) is 3.52. The van der Waals surface area contributed by atoms with Gasteiger partial charge in [-0.15, -0.1) is 5.10 Å². The first-order valence-corrected chi connectivity index (χ1v) is 7.54. The Hall–Kier alpha value is -3.28. The van der Waals surface area contributed by atoms with Gasteiger partial charge < -0.3 is 4.57 Å². The Balaban J connectivity index is 2.08. The molecule has 0 aliphatic heterocycles. The number of halogens is 4. The van der Waals surface area contributed by atoms with Crippen LogP contribution in [0.3, 0.4) is 0 Å². The van der Waals surface area contributed by atoms with Crippen LogP contribution >= 0.6 is 11.6 Å². The maximum absolute atomic E-state index is 13.3. The third kappa shape index (κ3) is 3.79. The zero-order valence-electron chi connectivity index (χ0n) is 13.1. The van der Waals surface area contributed by atoms with E-state index in [1.807, 2.05) is 0 Å². The van der Waals surface area contributed by atoms with E-state index in [9.17, 15) is 28.1 Å². The maximum Gasteiger partial charge on any atom is 0.418 e. The van der Waals surface area contributed by atoms with Crippen LogP contribution in [0.2, 0.25) is 5.02 Å². The monoisotopic (exact) mass is 400 g/mol. The first kappa shape index (κ1) is 18.5. The molecule has 0 N–H and O–H groups in total. The summed E-state index contributed by atoms with van der Waals surface area (Å²) < 4.78 is 41.7. The zero-order valence-corrected chi connectivity index (χ0v) is 13.8. The van der Waals surface area contributed by atoms with Gasteiger partial charge in [-0.25, -0.2) is 0 Å². The fraction of sp³-hybridized carbons (Fsp3) is 0.143. The van der Waals surface area contributed by atoms with Gasteiger partial charge in [-0.3, -0.25) is 14.9 Å². The van der Waals surface area contributed by atoms with Crippen molar-refractivity contribution in [2.45, 2.75) is 12.7 Å². The van der Waals surface area contributed by atoms with Crippen molar-refractivity contribution in [3.8, 4) is 5.69 Å². The van der Waals surface area contributed by atoms with Gasteiger partial charge in [0.25, 0.3) is 11.2 Å². The molecule has 9 nitrogen and oxygen atoms in total. The highest BCUT2D eigenvalue weighted by Gasteiger charge is 2.35. The number of hydrogen-bond acceptors (Lipinski definition) is 6. The highest BCUT2D eigenvalue weighted by Crippen LogP contribution is 2.35. The van der Waals surface area contributed by atoms with Crippen LogP contribution in [0.4, 0.5) is 18.9 Å². The highest BCUT2D eigenvalue weighted by atomic mass is 35.5. The molecular formula is C14H8ClF3N6O3. The van der Waals surface area contributed by atoms with E-state index in [1.54, 1.807) is 0 Å². The van der Waals surface area contributed by atoms with Crippen molar-refractivity contribution in [2.24, 2.45) is 0 Å². The molecule has 1 aromatic carbocycles. The second kappa shape index (κ2) is 6.79. The minimum atomic E-state index is -4.73. The summed E-state index contributed by atoms with van der Waals surface area (Å²) in [6, 6.07) is 5.03. The normalized spacial score (nSPS) is 11.6. The van der Waals surface area contributed by atoms with Crippen molar-refractivity contribution >= 4 is 17.3 Å². The van der Waals surface area contributed by atoms with Crippen molar-refractivity contribution in [3.63, 3.8) is 0 Å². The molecule has 0 spiro atoms. The Labute approximate surface area is 152 Å². The average Bonchev–Trinajstić information content (AvgIpc) is 3.04. The first-order valence-electron chi connectivity index (χ1n) is 7.16. The highest BCUT2D eigenvalue weighted by molar-refractivity contribution is 6.30. The van der Waals surface area contributed by atoms with Crippen molar-refractivity contribution in [1.29, 1.82) is 0 Å². The Morgan fingerprint density at radius 3 is 2.63 bits per heavy atom. The van der Waals surface area contributed by atoms with Crippen molar-refractivity contribution in [1.82, 2.24) is 24.8 Å². The number of benzene rings is 1. The summed E-state index contributed by atoms with van der Waals surface area (Å²) in [6.07, 6.45) is -3.78. The van der Waals surface area contributed by atoms with Crippen molar-refractivity contribution in [2.75, 3.05) is 0 Å². The van der Waals surface area contributed by atoms with Crippen LogP contribution in [0, 0.1) is 10.1 Å². The van der Waals surface area contributed by atoms with E-state index in [0.29, 0.717) is 0 Å². The minimum absolute atomic E-state index is 0.129. The van der Waals surface area contributed by atoms with Gasteiger partial charge in [0.05, 0.1) is 28.9 Å². The zero-order chi connectivity index (χ0) is 19.8. The SMILES string of the molecule is O=c1ccc([N+](=O)[O-])cn1Cc1nnnn1-c1ccc(Cl)cc1C(F)(F)F. The standard InChI is InChI=1S/C14H8ClF3N6O3/c15-8-1-3-11(10(5-8)14(16,17)18)23-12(19-20-21-23)7-22-6-9(24(26)27)2-4-13(22)25/h1-6H,7H2. The van der Waals surface area contributed by atoms with E-state index in [2.05, 4.69) is 15.5 Å². The van der Waals surface area contributed by atoms with E-state index in [-0.39, 0.29) is 23.1 Å². The van der Waals surface area contributed by atoms with Gasteiger partial charge in [-0.1, -0.05) is 11.6 Å². The van der Waals surface area contributed by atoms with Crippen LogP contribution in [0.25, 0.3) is 5.69 Å². The lowest BCUT2D eigenvalue weighted by Crippen LogP contribution is -2.22. The molecule has 0 aliphatic rings. The summed E-state index contributed by atoms with van der Waals surface area (Å²) in [7, 11) is 0.